The summed E-state index contributed by atoms with van der Waals surface area (Å²) in [6.45, 7) is 0. The molecule has 0 saturated carbocycles. The molecule has 0 N–H and O–H groups in total. The maximum atomic E-state index is 10.4. The number of carbonyl (C=O) groups excluding carboxylic acids is 1. The Kier molecular flexibility index (Phi) is 3.76. The Labute approximate surface area is 101 Å². The summed E-state index contributed by atoms with van der Waals surface area (Å²) in [5, 5.41) is 2.44. The van der Waals surface area contributed by atoms with Gasteiger partial charge < -0.3 is 9.53 Å². The zero-order valence-electron chi connectivity index (χ0n) is 9.98. The lowest BCUT2D eigenvalue weighted by atomic mass is 9.99. The van der Waals surface area contributed by atoms with E-state index in [1.54, 1.807) is 7.11 Å². The number of methoxy groups -OCH3 is 1. The van der Waals surface area contributed by atoms with Crippen molar-refractivity contribution in [2.45, 2.75) is 19.3 Å². The van der Waals surface area contributed by atoms with E-state index in [2.05, 4.69) is 18.2 Å². The number of ether oxygens (including phenoxy) is 1. The molecule has 0 aliphatic carbocycles. The second-order valence-corrected chi connectivity index (χ2v) is 4.03. The smallest absolute Gasteiger partial charge is 0.122 e. The lowest BCUT2D eigenvalue weighted by Crippen LogP contribution is -1.94. The molecule has 2 aromatic carbocycles. The highest BCUT2D eigenvalue weighted by molar-refractivity contribution is 5.87. The molecule has 2 nitrogen and oxygen atoms in total. The summed E-state index contributed by atoms with van der Waals surface area (Å²) >= 11 is 0. The summed E-state index contributed by atoms with van der Waals surface area (Å²) in [5.41, 5.74) is 1.20. The number of hydrogen-bond donors (Lipinski definition) is 0. The van der Waals surface area contributed by atoms with Crippen LogP contribution in [0.2, 0.25) is 0 Å². The Morgan fingerprint density at radius 1 is 1.18 bits per heavy atom. The quantitative estimate of drug-likeness (QED) is 0.579. The number of carbonyl (C=O) groups is 1. The summed E-state index contributed by atoms with van der Waals surface area (Å²) in [5.74, 6) is 0.912. The van der Waals surface area contributed by atoms with Gasteiger partial charge in [0.15, 0.2) is 0 Å². The maximum Gasteiger partial charge on any atom is 0.122 e. The lowest BCUT2D eigenvalue weighted by molar-refractivity contribution is -0.107. The van der Waals surface area contributed by atoms with E-state index in [-0.39, 0.29) is 0 Å². The molecular weight excluding hydrogens is 212 g/mol. The number of aryl methyl sites for hydroxylation is 1. The Bertz CT molecular complexity index is 517. The van der Waals surface area contributed by atoms with E-state index in [0.717, 1.165) is 24.9 Å². The fraction of sp³-hybridized carbons (Fsp3) is 0.267. The van der Waals surface area contributed by atoms with E-state index in [1.807, 2.05) is 18.2 Å². The van der Waals surface area contributed by atoms with Gasteiger partial charge >= 0.3 is 0 Å². The van der Waals surface area contributed by atoms with Gasteiger partial charge in [-0.25, -0.2) is 0 Å². The molecule has 17 heavy (non-hydrogen) atoms. The summed E-state index contributed by atoms with van der Waals surface area (Å²) < 4.78 is 5.40. The van der Waals surface area contributed by atoms with Crippen molar-refractivity contribution >= 4 is 17.1 Å². The van der Waals surface area contributed by atoms with E-state index in [9.17, 15) is 4.79 Å². The van der Waals surface area contributed by atoms with Gasteiger partial charge in [-0.3, -0.25) is 0 Å². The Morgan fingerprint density at radius 2 is 2.00 bits per heavy atom. The zero-order valence-corrected chi connectivity index (χ0v) is 9.98. The molecule has 0 saturated heterocycles. The van der Waals surface area contributed by atoms with Crippen LogP contribution in [0.5, 0.6) is 5.75 Å². The number of aldehydes is 1. The van der Waals surface area contributed by atoms with Crippen LogP contribution in [0, 0.1) is 0 Å². The molecule has 2 heteroatoms. The SMILES string of the molecule is COc1ccc2ccccc2c1CCCC=O. The first-order valence-corrected chi connectivity index (χ1v) is 5.85. The number of benzene rings is 2. The van der Waals surface area contributed by atoms with Crippen LogP contribution in [0.3, 0.4) is 0 Å². The lowest BCUT2D eigenvalue weighted by Gasteiger charge is -2.11. The van der Waals surface area contributed by atoms with Gasteiger partial charge in [0.2, 0.25) is 0 Å². The van der Waals surface area contributed by atoms with Crippen molar-refractivity contribution in [3.05, 3.63) is 42.0 Å². The van der Waals surface area contributed by atoms with Crippen LogP contribution in [-0.2, 0) is 11.2 Å². The fourth-order valence-electron chi connectivity index (χ4n) is 2.13. The summed E-state index contributed by atoms with van der Waals surface area (Å²) in [6.07, 6.45) is 3.32. The molecule has 0 heterocycles. The minimum absolute atomic E-state index is 0.604. The molecule has 0 bridgehead atoms. The van der Waals surface area contributed by atoms with E-state index >= 15 is 0 Å². The Balaban J connectivity index is 2.43. The van der Waals surface area contributed by atoms with Crippen LogP contribution in [0.25, 0.3) is 10.8 Å². The number of unbranched alkanes of at least 4 members (excludes halogenated alkanes) is 1. The van der Waals surface area contributed by atoms with Gasteiger partial charge in [-0.2, -0.15) is 0 Å². The van der Waals surface area contributed by atoms with Gasteiger partial charge in [0.1, 0.15) is 12.0 Å². The van der Waals surface area contributed by atoms with Crippen LogP contribution >= 0.6 is 0 Å². The first-order chi connectivity index (χ1) is 8.36. The third-order valence-corrected chi connectivity index (χ3v) is 2.97. The van der Waals surface area contributed by atoms with Gasteiger partial charge in [0.05, 0.1) is 7.11 Å². The van der Waals surface area contributed by atoms with Crippen LogP contribution in [0.15, 0.2) is 36.4 Å². The van der Waals surface area contributed by atoms with Crippen LogP contribution < -0.4 is 4.74 Å². The van der Waals surface area contributed by atoms with E-state index < -0.39 is 0 Å². The molecular formula is C15H16O2. The Hall–Kier alpha value is -1.83. The van der Waals surface area contributed by atoms with E-state index in [4.69, 9.17) is 4.74 Å². The molecule has 0 unspecified atom stereocenters. The minimum Gasteiger partial charge on any atom is -0.496 e. The molecule has 88 valence electrons. The topological polar surface area (TPSA) is 26.3 Å². The van der Waals surface area contributed by atoms with Crippen molar-refractivity contribution < 1.29 is 9.53 Å². The molecule has 0 fully saturated rings. The number of hydrogen-bond acceptors (Lipinski definition) is 2. The maximum absolute atomic E-state index is 10.4. The normalized spacial score (nSPS) is 10.4. The zero-order chi connectivity index (χ0) is 12.1. The average molecular weight is 228 g/mol. The van der Waals surface area contributed by atoms with Crippen molar-refractivity contribution in [1.82, 2.24) is 0 Å². The van der Waals surface area contributed by atoms with Gasteiger partial charge in [-0.05, 0) is 29.7 Å². The highest BCUT2D eigenvalue weighted by Crippen LogP contribution is 2.29. The monoisotopic (exact) mass is 228 g/mol. The van der Waals surface area contributed by atoms with Crippen molar-refractivity contribution in [3.63, 3.8) is 0 Å². The van der Waals surface area contributed by atoms with E-state index in [1.165, 1.54) is 16.3 Å². The molecule has 0 atom stereocenters. The largest absolute Gasteiger partial charge is 0.496 e. The first kappa shape index (κ1) is 11.6. The standard InChI is InChI=1S/C15H16O2/c1-17-15-10-9-12-6-2-3-7-13(12)14(15)8-4-5-11-16/h2-3,6-7,9-11H,4-5,8H2,1H3. The second kappa shape index (κ2) is 5.48. The van der Waals surface area contributed by atoms with Crippen molar-refractivity contribution in [1.29, 1.82) is 0 Å². The molecule has 2 aromatic rings. The van der Waals surface area contributed by atoms with E-state index in [0.29, 0.717) is 6.42 Å². The van der Waals surface area contributed by atoms with Gasteiger partial charge in [0.25, 0.3) is 0 Å². The molecule has 0 aliphatic heterocycles. The fourth-order valence-corrected chi connectivity index (χ4v) is 2.13. The van der Waals surface area contributed by atoms with Gasteiger partial charge in [0, 0.05) is 12.0 Å². The summed E-state index contributed by atoms with van der Waals surface area (Å²) in [7, 11) is 1.69. The molecule has 0 aromatic heterocycles. The molecule has 0 radical (unpaired) electrons. The molecule has 0 spiro atoms. The molecule has 0 aliphatic rings. The third-order valence-electron chi connectivity index (χ3n) is 2.97. The summed E-state index contributed by atoms with van der Waals surface area (Å²) in [6, 6.07) is 12.3. The minimum atomic E-state index is 0.604. The van der Waals surface area contributed by atoms with Gasteiger partial charge in [-0.1, -0.05) is 30.3 Å². The number of rotatable bonds is 5. The predicted octanol–water partition coefficient (Wildman–Crippen LogP) is 3.37. The highest BCUT2D eigenvalue weighted by atomic mass is 16.5. The van der Waals surface area contributed by atoms with Crippen molar-refractivity contribution in [2.24, 2.45) is 0 Å². The molecule has 0 amide bonds. The predicted molar refractivity (Wildman–Crippen MR) is 69.5 cm³/mol. The number of fused-ring (bicyclic) bond motifs is 1. The van der Waals surface area contributed by atoms with Crippen LogP contribution in [-0.4, -0.2) is 13.4 Å². The summed E-state index contributed by atoms with van der Waals surface area (Å²) in [4.78, 5) is 10.4. The van der Waals surface area contributed by atoms with Gasteiger partial charge in [-0.15, -0.1) is 0 Å². The average Bonchev–Trinajstić information content (AvgIpc) is 2.39. The highest BCUT2D eigenvalue weighted by Gasteiger charge is 2.07. The van der Waals surface area contributed by atoms with Crippen LogP contribution in [0.1, 0.15) is 18.4 Å². The Morgan fingerprint density at radius 3 is 2.76 bits per heavy atom. The van der Waals surface area contributed by atoms with Crippen molar-refractivity contribution in [3.8, 4) is 5.75 Å². The third kappa shape index (κ3) is 2.47. The van der Waals surface area contributed by atoms with Crippen LogP contribution in [0.4, 0.5) is 0 Å². The first-order valence-electron chi connectivity index (χ1n) is 5.85. The van der Waals surface area contributed by atoms with Crippen molar-refractivity contribution in [2.75, 3.05) is 7.11 Å². The molecule has 2 rings (SSSR count). The second-order valence-electron chi connectivity index (χ2n) is 4.03.